The summed E-state index contributed by atoms with van der Waals surface area (Å²) in [6, 6.07) is 30.7. The molecular formula is C28H32N2S. The number of rotatable bonds is 6. The average Bonchev–Trinajstić information content (AvgIpc) is 2.78. The van der Waals surface area contributed by atoms with Crippen LogP contribution in [0.3, 0.4) is 0 Å². The molecule has 31 heavy (non-hydrogen) atoms. The van der Waals surface area contributed by atoms with Gasteiger partial charge in [0.25, 0.3) is 0 Å². The standard InChI is InChI=1S/C28H32N2S/c1-23-15-11-13-21-27(23)29(25-17-7-5-8-18-25)31(3,4)30(26-19-9-6-10-20-26)28-22-14-12-16-24(28)2/h5-23,27H,1-4H3. The van der Waals surface area contributed by atoms with Gasteiger partial charge in [0.2, 0.25) is 0 Å². The van der Waals surface area contributed by atoms with Gasteiger partial charge < -0.3 is 4.31 Å². The van der Waals surface area contributed by atoms with Gasteiger partial charge in [-0.05, 0) is 61.2 Å². The third-order valence-electron chi connectivity index (χ3n) is 5.91. The maximum atomic E-state index is 2.65. The van der Waals surface area contributed by atoms with E-state index < -0.39 is 10.4 Å². The lowest BCUT2D eigenvalue weighted by molar-refractivity contribution is 0.628. The molecule has 4 rings (SSSR count). The van der Waals surface area contributed by atoms with Gasteiger partial charge in [0.15, 0.2) is 0 Å². The van der Waals surface area contributed by atoms with Gasteiger partial charge in [-0.15, -0.1) is 0 Å². The lowest BCUT2D eigenvalue weighted by Gasteiger charge is -2.56. The Bertz CT molecular complexity index is 1060. The Morgan fingerprint density at radius 2 is 1.23 bits per heavy atom. The van der Waals surface area contributed by atoms with E-state index in [0.29, 0.717) is 5.92 Å². The van der Waals surface area contributed by atoms with Crippen molar-refractivity contribution in [2.75, 3.05) is 21.1 Å². The van der Waals surface area contributed by atoms with Gasteiger partial charge in [-0.3, -0.25) is 4.31 Å². The Morgan fingerprint density at radius 3 is 1.84 bits per heavy atom. The summed E-state index contributed by atoms with van der Waals surface area (Å²) < 4.78 is 5.21. The molecule has 2 nitrogen and oxygen atoms in total. The Kier molecular flexibility index (Phi) is 6.24. The molecule has 2 atom stereocenters. The van der Waals surface area contributed by atoms with Crippen LogP contribution < -0.4 is 8.61 Å². The number of allylic oxidation sites excluding steroid dienone is 2. The number of para-hydroxylation sites is 3. The molecule has 0 radical (unpaired) electrons. The molecule has 0 heterocycles. The Balaban J connectivity index is 1.91. The zero-order valence-electron chi connectivity index (χ0n) is 18.8. The van der Waals surface area contributed by atoms with Crippen LogP contribution in [0, 0.1) is 12.8 Å². The summed E-state index contributed by atoms with van der Waals surface area (Å²) in [5, 5.41) is 0. The van der Waals surface area contributed by atoms with Crippen molar-refractivity contribution < 1.29 is 0 Å². The van der Waals surface area contributed by atoms with Crippen LogP contribution in [0.2, 0.25) is 0 Å². The van der Waals surface area contributed by atoms with E-state index in [0.717, 1.165) is 0 Å². The van der Waals surface area contributed by atoms with Crippen molar-refractivity contribution in [2.45, 2.75) is 19.9 Å². The highest BCUT2D eigenvalue weighted by atomic mass is 32.3. The molecule has 0 spiro atoms. The van der Waals surface area contributed by atoms with Crippen LogP contribution in [0.15, 0.2) is 109 Å². The SMILES string of the molecule is Cc1ccccc1N(c1ccccc1)S(C)(C)N(c1ccccc1)C1C=CC=CC1C. The molecule has 160 valence electrons. The Morgan fingerprint density at radius 1 is 0.677 bits per heavy atom. The number of hydrogen-bond donors (Lipinski definition) is 0. The second-order valence-electron chi connectivity index (χ2n) is 8.42. The van der Waals surface area contributed by atoms with Gasteiger partial charge in [-0.2, -0.15) is 0 Å². The lowest BCUT2D eigenvalue weighted by atomic mass is 9.97. The van der Waals surface area contributed by atoms with Gasteiger partial charge in [0.1, 0.15) is 0 Å². The van der Waals surface area contributed by atoms with Gasteiger partial charge in [0, 0.05) is 5.69 Å². The highest BCUT2D eigenvalue weighted by Gasteiger charge is 2.36. The minimum atomic E-state index is -1.50. The number of hydrogen-bond acceptors (Lipinski definition) is 2. The first-order chi connectivity index (χ1) is 15.0. The smallest absolute Gasteiger partial charge is 0.0649 e. The highest BCUT2D eigenvalue weighted by molar-refractivity contribution is 8.35. The van der Waals surface area contributed by atoms with Crippen molar-refractivity contribution in [1.82, 2.24) is 0 Å². The van der Waals surface area contributed by atoms with Crippen molar-refractivity contribution in [3.63, 3.8) is 0 Å². The third kappa shape index (κ3) is 4.28. The second-order valence-corrected chi connectivity index (χ2v) is 11.6. The quantitative estimate of drug-likeness (QED) is 0.397. The van der Waals surface area contributed by atoms with E-state index >= 15 is 0 Å². The van der Waals surface area contributed by atoms with E-state index in [4.69, 9.17) is 0 Å². The number of nitrogens with zero attached hydrogens (tertiary/aromatic N) is 2. The van der Waals surface area contributed by atoms with Crippen LogP contribution in [0.5, 0.6) is 0 Å². The molecule has 1 aliphatic rings. The number of anilines is 3. The van der Waals surface area contributed by atoms with Crippen LogP contribution in [0.25, 0.3) is 0 Å². The summed E-state index contributed by atoms with van der Waals surface area (Å²) in [5.41, 5.74) is 5.03. The predicted molar refractivity (Wildman–Crippen MR) is 139 cm³/mol. The molecule has 3 aromatic rings. The maximum Gasteiger partial charge on any atom is 0.0649 e. The maximum absolute atomic E-state index is 2.65. The van der Waals surface area contributed by atoms with Crippen LogP contribution in [-0.4, -0.2) is 18.6 Å². The molecule has 0 amide bonds. The van der Waals surface area contributed by atoms with E-state index in [2.05, 4.69) is 144 Å². The largest absolute Gasteiger partial charge is 0.311 e. The van der Waals surface area contributed by atoms with Gasteiger partial charge in [-0.1, -0.05) is 96.2 Å². The molecule has 0 saturated heterocycles. The molecule has 0 fully saturated rings. The second kappa shape index (κ2) is 9.07. The lowest BCUT2D eigenvalue weighted by Crippen LogP contribution is -2.45. The topological polar surface area (TPSA) is 6.48 Å². The van der Waals surface area contributed by atoms with Crippen molar-refractivity contribution in [2.24, 2.45) is 5.92 Å². The first kappa shape index (κ1) is 21.3. The first-order valence-electron chi connectivity index (χ1n) is 10.8. The zero-order valence-corrected chi connectivity index (χ0v) is 19.7. The van der Waals surface area contributed by atoms with Crippen LogP contribution in [0.1, 0.15) is 12.5 Å². The van der Waals surface area contributed by atoms with Crippen LogP contribution in [0.4, 0.5) is 17.1 Å². The van der Waals surface area contributed by atoms with Crippen molar-refractivity contribution in [3.8, 4) is 0 Å². The molecule has 0 aliphatic heterocycles. The summed E-state index contributed by atoms with van der Waals surface area (Å²) in [7, 11) is -1.50. The summed E-state index contributed by atoms with van der Waals surface area (Å²) in [6.07, 6.45) is 13.9. The van der Waals surface area contributed by atoms with Crippen molar-refractivity contribution in [3.05, 3.63) is 115 Å². The molecule has 0 saturated carbocycles. The Labute approximate surface area is 189 Å². The minimum absolute atomic E-state index is 0.285. The fraction of sp³-hybridized carbons (Fsp3) is 0.214. The fourth-order valence-corrected chi connectivity index (χ4v) is 7.38. The van der Waals surface area contributed by atoms with E-state index in [1.807, 2.05) is 0 Å². The van der Waals surface area contributed by atoms with E-state index in [1.54, 1.807) is 0 Å². The molecule has 0 N–H and O–H groups in total. The first-order valence-corrected chi connectivity index (χ1v) is 13.2. The minimum Gasteiger partial charge on any atom is -0.311 e. The molecule has 0 bridgehead atoms. The van der Waals surface area contributed by atoms with E-state index in [1.165, 1.54) is 22.6 Å². The molecule has 3 aromatic carbocycles. The Hall–Kier alpha value is -2.91. The van der Waals surface area contributed by atoms with Crippen LogP contribution >= 0.6 is 10.4 Å². The predicted octanol–water partition coefficient (Wildman–Crippen LogP) is 7.66. The summed E-state index contributed by atoms with van der Waals surface area (Å²) in [4.78, 5) is 0. The fourth-order valence-electron chi connectivity index (χ4n) is 4.38. The van der Waals surface area contributed by atoms with E-state index in [9.17, 15) is 0 Å². The van der Waals surface area contributed by atoms with Gasteiger partial charge in [0.05, 0.1) is 17.4 Å². The normalized spacial score (nSPS) is 18.6. The average molecular weight is 429 g/mol. The van der Waals surface area contributed by atoms with Crippen molar-refractivity contribution in [1.29, 1.82) is 0 Å². The van der Waals surface area contributed by atoms with Gasteiger partial charge >= 0.3 is 0 Å². The summed E-state index contributed by atoms with van der Waals surface area (Å²) in [6.45, 7) is 4.52. The summed E-state index contributed by atoms with van der Waals surface area (Å²) in [5.74, 6) is 0.423. The zero-order chi connectivity index (χ0) is 21.8. The monoisotopic (exact) mass is 428 g/mol. The van der Waals surface area contributed by atoms with Crippen molar-refractivity contribution >= 4 is 27.5 Å². The van der Waals surface area contributed by atoms with Gasteiger partial charge in [-0.25, -0.2) is 0 Å². The number of aryl methyl sites for hydroxylation is 1. The molecule has 2 unspecified atom stereocenters. The molecule has 1 aliphatic carbocycles. The van der Waals surface area contributed by atoms with Crippen LogP contribution in [-0.2, 0) is 0 Å². The highest BCUT2D eigenvalue weighted by Crippen LogP contribution is 2.58. The molecule has 3 heteroatoms. The summed E-state index contributed by atoms with van der Waals surface area (Å²) >= 11 is 0. The number of benzene rings is 3. The third-order valence-corrected chi connectivity index (χ3v) is 8.63. The molecular weight excluding hydrogens is 396 g/mol. The molecule has 0 aromatic heterocycles. The van der Waals surface area contributed by atoms with E-state index in [-0.39, 0.29) is 6.04 Å².